The quantitative estimate of drug-likeness (QED) is 0.868. The average Bonchev–Trinajstić information content (AvgIpc) is 2.43. The van der Waals surface area contributed by atoms with Crippen LogP contribution in [0.1, 0.15) is 32.4 Å². The number of nitrogens with one attached hydrogen (secondary N) is 1. The van der Waals surface area contributed by atoms with Crippen LogP contribution >= 0.6 is 0 Å². The molecule has 22 heavy (non-hydrogen) atoms. The summed E-state index contributed by atoms with van der Waals surface area (Å²) >= 11 is 0. The number of carbonyl (C=O) groups excluding carboxylic acids is 2. The molecule has 1 unspecified atom stereocenters. The molecule has 1 aliphatic heterocycles. The number of carbonyl (C=O) groups is 2. The summed E-state index contributed by atoms with van der Waals surface area (Å²) < 4.78 is 10.7. The van der Waals surface area contributed by atoms with Crippen molar-refractivity contribution in [1.29, 1.82) is 0 Å². The third kappa shape index (κ3) is 3.90. The van der Waals surface area contributed by atoms with Crippen LogP contribution < -0.4 is 15.0 Å². The Labute approximate surface area is 130 Å². The molecule has 0 aromatic heterocycles. The van der Waals surface area contributed by atoms with Crippen molar-refractivity contribution in [3.05, 3.63) is 23.8 Å². The SMILES string of the molecule is CN1CCOc2ccc(C(C=O)NC(=O)OC(C)(C)C)cc21. The van der Waals surface area contributed by atoms with Gasteiger partial charge in [-0.1, -0.05) is 6.07 Å². The van der Waals surface area contributed by atoms with Gasteiger partial charge in [-0.25, -0.2) is 4.79 Å². The Kier molecular flexibility index (Phi) is 4.59. The van der Waals surface area contributed by atoms with Crippen LogP contribution in [0.3, 0.4) is 0 Å². The number of amides is 1. The molecule has 0 saturated carbocycles. The molecule has 0 spiro atoms. The van der Waals surface area contributed by atoms with E-state index >= 15 is 0 Å². The number of hydrogen-bond donors (Lipinski definition) is 1. The lowest BCUT2D eigenvalue weighted by atomic mass is 10.1. The van der Waals surface area contributed by atoms with Crippen molar-refractivity contribution in [1.82, 2.24) is 5.32 Å². The minimum Gasteiger partial charge on any atom is -0.490 e. The van der Waals surface area contributed by atoms with Crippen molar-refractivity contribution in [2.24, 2.45) is 0 Å². The minimum absolute atomic E-state index is 0.610. The molecule has 1 heterocycles. The van der Waals surface area contributed by atoms with Gasteiger partial charge < -0.3 is 24.5 Å². The Morgan fingerprint density at radius 1 is 1.45 bits per heavy atom. The fraction of sp³-hybridized carbons (Fsp3) is 0.500. The molecule has 1 aliphatic rings. The number of rotatable bonds is 3. The van der Waals surface area contributed by atoms with Gasteiger partial charge in [0.2, 0.25) is 0 Å². The van der Waals surface area contributed by atoms with Crippen LogP contribution in [-0.4, -0.2) is 38.2 Å². The number of benzene rings is 1. The summed E-state index contributed by atoms with van der Waals surface area (Å²) in [5, 5.41) is 2.57. The van der Waals surface area contributed by atoms with Gasteiger partial charge in [-0.2, -0.15) is 0 Å². The average molecular weight is 306 g/mol. The van der Waals surface area contributed by atoms with Crippen molar-refractivity contribution < 1.29 is 19.1 Å². The lowest BCUT2D eigenvalue weighted by molar-refractivity contribution is -0.109. The molecule has 2 rings (SSSR count). The molecule has 1 N–H and O–H groups in total. The van der Waals surface area contributed by atoms with Crippen molar-refractivity contribution in [3.8, 4) is 5.75 Å². The monoisotopic (exact) mass is 306 g/mol. The molecule has 0 radical (unpaired) electrons. The Balaban J connectivity index is 2.16. The number of aldehydes is 1. The van der Waals surface area contributed by atoms with Crippen LogP contribution in [0.15, 0.2) is 18.2 Å². The van der Waals surface area contributed by atoms with E-state index in [0.29, 0.717) is 18.5 Å². The number of nitrogens with zero attached hydrogens (tertiary/aromatic N) is 1. The molecule has 0 saturated heterocycles. The molecular weight excluding hydrogens is 284 g/mol. The van der Waals surface area contributed by atoms with Gasteiger partial charge in [0.15, 0.2) is 0 Å². The van der Waals surface area contributed by atoms with E-state index in [9.17, 15) is 9.59 Å². The maximum Gasteiger partial charge on any atom is 0.408 e. The van der Waals surface area contributed by atoms with Gasteiger partial charge in [0.05, 0.1) is 12.2 Å². The lowest BCUT2D eigenvalue weighted by Crippen LogP contribution is -2.35. The number of alkyl carbamates (subject to hydrolysis) is 1. The summed E-state index contributed by atoms with van der Waals surface area (Å²) in [4.78, 5) is 25.2. The zero-order valence-corrected chi connectivity index (χ0v) is 13.4. The first-order valence-electron chi connectivity index (χ1n) is 7.23. The van der Waals surface area contributed by atoms with E-state index in [-0.39, 0.29) is 0 Å². The van der Waals surface area contributed by atoms with E-state index in [2.05, 4.69) is 10.2 Å². The largest absolute Gasteiger partial charge is 0.490 e. The Bertz CT molecular complexity index is 566. The first-order chi connectivity index (χ1) is 10.3. The van der Waals surface area contributed by atoms with Gasteiger partial charge >= 0.3 is 6.09 Å². The summed E-state index contributed by atoms with van der Waals surface area (Å²) in [6.07, 6.45) is 0.0712. The van der Waals surface area contributed by atoms with Crippen LogP contribution in [0.4, 0.5) is 10.5 Å². The second-order valence-electron chi connectivity index (χ2n) is 6.26. The zero-order valence-electron chi connectivity index (χ0n) is 13.4. The van der Waals surface area contributed by atoms with Crippen molar-refractivity contribution >= 4 is 18.1 Å². The molecule has 1 aromatic carbocycles. The molecule has 6 heteroatoms. The second-order valence-corrected chi connectivity index (χ2v) is 6.26. The molecule has 0 fully saturated rings. The first kappa shape index (κ1) is 16.1. The highest BCUT2D eigenvalue weighted by Crippen LogP contribution is 2.32. The molecule has 120 valence electrons. The maximum atomic E-state index is 11.8. The third-order valence-electron chi connectivity index (χ3n) is 3.25. The highest BCUT2D eigenvalue weighted by molar-refractivity contribution is 5.75. The number of anilines is 1. The smallest absolute Gasteiger partial charge is 0.408 e. The molecule has 0 bridgehead atoms. The number of ether oxygens (including phenoxy) is 2. The van der Waals surface area contributed by atoms with Crippen LogP contribution in [-0.2, 0) is 9.53 Å². The van der Waals surface area contributed by atoms with Crippen LogP contribution in [0.25, 0.3) is 0 Å². The predicted molar refractivity (Wildman–Crippen MR) is 83.4 cm³/mol. The summed E-state index contributed by atoms with van der Waals surface area (Å²) in [5.74, 6) is 0.777. The minimum atomic E-state index is -0.754. The normalized spacial score (nSPS) is 15.4. The van der Waals surface area contributed by atoms with Crippen molar-refractivity contribution in [2.45, 2.75) is 32.4 Å². The van der Waals surface area contributed by atoms with Gasteiger partial charge in [-0.05, 0) is 38.5 Å². The summed E-state index contributed by atoms with van der Waals surface area (Å²) in [6, 6.07) is 4.68. The summed E-state index contributed by atoms with van der Waals surface area (Å²) in [6.45, 7) is 6.73. The number of fused-ring (bicyclic) bond motifs is 1. The molecular formula is C16H22N2O4. The number of likely N-dealkylation sites (N-methyl/N-ethyl adjacent to an activating group) is 1. The fourth-order valence-corrected chi connectivity index (χ4v) is 2.19. The van der Waals surface area contributed by atoms with Gasteiger partial charge in [-0.15, -0.1) is 0 Å². The van der Waals surface area contributed by atoms with E-state index in [1.807, 2.05) is 19.2 Å². The summed E-state index contributed by atoms with van der Waals surface area (Å²) in [5.41, 5.74) is 0.986. The molecule has 1 amide bonds. The topological polar surface area (TPSA) is 67.9 Å². The zero-order chi connectivity index (χ0) is 16.3. The van der Waals surface area contributed by atoms with E-state index in [0.717, 1.165) is 18.0 Å². The van der Waals surface area contributed by atoms with Crippen molar-refractivity contribution in [3.63, 3.8) is 0 Å². The highest BCUT2D eigenvalue weighted by atomic mass is 16.6. The van der Waals surface area contributed by atoms with Gasteiger partial charge in [0.1, 0.15) is 30.3 Å². The third-order valence-corrected chi connectivity index (χ3v) is 3.25. The Morgan fingerprint density at radius 3 is 2.82 bits per heavy atom. The van der Waals surface area contributed by atoms with E-state index in [1.54, 1.807) is 26.8 Å². The van der Waals surface area contributed by atoms with Crippen LogP contribution in [0.2, 0.25) is 0 Å². The predicted octanol–water partition coefficient (Wildman–Crippen LogP) is 2.28. The van der Waals surface area contributed by atoms with Crippen molar-refractivity contribution in [2.75, 3.05) is 25.1 Å². The maximum absolute atomic E-state index is 11.8. The lowest BCUT2D eigenvalue weighted by Gasteiger charge is -2.28. The van der Waals surface area contributed by atoms with E-state index in [4.69, 9.17) is 9.47 Å². The van der Waals surface area contributed by atoms with E-state index < -0.39 is 17.7 Å². The number of hydrogen-bond acceptors (Lipinski definition) is 5. The van der Waals surface area contributed by atoms with Gasteiger partial charge in [-0.3, -0.25) is 0 Å². The highest BCUT2D eigenvalue weighted by Gasteiger charge is 2.22. The fourth-order valence-electron chi connectivity index (χ4n) is 2.19. The summed E-state index contributed by atoms with van der Waals surface area (Å²) in [7, 11) is 1.96. The van der Waals surface area contributed by atoms with Crippen LogP contribution in [0, 0.1) is 0 Å². The molecule has 0 aliphatic carbocycles. The first-order valence-corrected chi connectivity index (χ1v) is 7.23. The van der Waals surface area contributed by atoms with Gasteiger partial charge in [0.25, 0.3) is 0 Å². The molecule has 1 aromatic rings. The second kappa shape index (κ2) is 6.25. The van der Waals surface area contributed by atoms with E-state index in [1.165, 1.54) is 0 Å². The molecule has 6 nitrogen and oxygen atoms in total. The Morgan fingerprint density at radius 2 is 2.18 bits per heavy atom. The Hall–Kier alpha value is -2.24. The standard InChI is InChI=1S/C16H22N2O4/c1-16(2,3)22-15(20)17-12(10-19)11-5-6-14-13(9-11)18(4)7-8-21-14/h5-6,9-10,12H,7-8H2,1-4H3,(H,17,20). The molecule has 1 atom stereocenters. The van der Waals surface area contributed by atoms with Crippen LogP contribution in [0.5, 0.6) is 5.75 Å². The van der Waals surface area contributed by atoms with Gasteiger partial charge in [0, 0.05) is 7.05 Å².